The van der Waals surface area contributed by atoms with Gasteiger partial charge in [-0.15, -0.1) is 25.8 Å². The Balaban J connectivity index is 0. The van der Waals surface area contributed by atoms with Crippen LogP contribution in [0.25, 0.3) is 0 Å². The molecule has 0 heterocycles. The fraction of sp³-hybridized carbons (Fsp3) is 0.556. The van der Waals surface area contributed by atoms with Crippen molar-refractivity contribution in [1.29, 1.82) is 0 Å². The Bertz CT molecular complexity index is 384. The van der Waals surface area contributed by atoms with E-state index in [1.54, 1.807) is 0 Å². The second-order valence-electron chi connectivity index (χ2n) is 5.67. The Hall–Kier alpha value is -0.127. The molecule has 2 aliphatic rings. The van der Waals surface area contributed by atoms with Gasteiger partial charge < -0.3 is 0 Å². The van der Waals surface area contributed by atoms with Crippen molar-refractivity contribution in [3.63, 3.8) is 0 Å². The Labute approximate surface area is 144 Å². The maximum atomic E-state index is 3.44. The standard InChI is InChI=1S/C10H15.C8H11.ClH.Ru/c1-7-6-10(4,5)9(3)8(7)2;1-2-4-6-8-7-5-3-1;;/h1-5H3;1-3H,4,6-8H2;1H;/q2*-1;;+2/b;2-1-;;. The largest absolute Gasteiger partial charge is 2.00 e. The van der Waals surface area contributed by atoms with Gasteiger partial charge in [-0.3, -0.25) is 12.2 Å². The zero-order chi connectivity index (χ0) is 13.6. The minimum atomic E-state index is 0. The first-order chi connectivity index (χ1) is 8.45. The minimum Gasteiger partial charge on any atom is -0.275 e. The summed E-state index contributed by atoms with van der Waals surface area (Å²) in [5, 5.41) is 0. The van der Waals surface area contributed by atoms with Gasteiger partial charge in [-0.05, 0) is 0 Å². The van der Waals surface area contributed by atoms with Gasteiger partial charge in [0.15, 0.2) is 0 Å². The fourth-order valence-corrected chi connectivity index (χ4v) is 2.21. The van der Waals surface area contributed by atoms with E-state index < -0.39 is 0 Å². The van der Waals surface area contributed by atoms with Crippen molar-refractivity contribution < 1.29 is 19.5 Å². The topological polar surface area (TPSA) is 0 Å². The van der Waals surface area contributed by atoms with Gasteiger partial charge in [0.2, 0.25) is 0 Å². The van der Waals surface area contributed by atoms with Crippen LogP contribution in [0.5, 0.6) is 0 Å². The number of halogens is 1. The maximum Gasteiger partial charge on any atom is 2.00 e. The summed E-state index contributed by atoms with van der Waals surface area (Å²) in [5.74, 6) is 0. The van der Waals surface area contributed by atoms with Crippen molar-refractivity contribution in [1.82, 2.24) is 0 Å². The molecule has 0 saturated carbocycles. The summed E-state index contributed by atoms with van der Waals surface area (Å²) in [6.45, 7) is 10.9. The van der Waals surface area contributed by atoms with Crippen LogP contribution in [0.2, 0.25) is 0 Å². The Morgan fingerprint density at radius 2 is 1.75 bits per heavy atom. The third kappa shape index (κ3) is 7.05. The molecule has 0 aromatic rings. The van der Waals surface area contributed by atoms with Gasteiger partial charge in [-0.1, -0.05) is 52.4 Å². The summed E-state index contributed by atoms with van der Waals surface area (Å²) in [6, 6.07) is 0. The van der Waals surface area contributed by atoms with E-state index in [1.165, 1.54) is 36.0 Å². The van der Waals surface area contributed by atoms with Crippen LogP contribution >= 0.6 is 12.4 Å². The molecule has 0 aliphatic heterocycles. The first-order valence-electron chi connectivity index (χ1n) is 6.97. The van der Waals surface area contributed by atoms with E-state index in [9.17, 15) is 0 Å². The molecule has 114 valence electrons. The number of hydrogen-bond donors (Lipinski definition) is 0. The molecule has 0 radical (unpaired) electrons. The molecule has 0 spiro atoms. The quantitative estimate of drug-likeness (QED) is 0.357. The molecule has 0 fully saturated rings. The van der Waals surface area contributed by atoms with Crippen LogP contribution in [-0.4, -0.2) is 0 Å². The van der Waals surface area contributed by atoms with Gasteiger partial charge in [-0.25, -0.2) is 17.7 Å². The van der Waals surface area contributed by atoms with Crippen LogP contribution in [0.15, 0.2) is 34.9 Å². The van der Waals surface area contributed by atoms with Crippen molar-refractivity contribution in [3.05, 3.63) is 47.1 Å². The third-order valence-corrected chi connectivity index (χ3v) is 3.85. The van der Waals surface area contributed by atoms with Gasteiger partial charge in [0.25, 0.3) is 0 Å². The first kappa shape index (κ1) is 22.2. The van der Waals surface area contributed by atoms with E-state index in [1.807, 2.05) is 6.08 Å². The third-order valence-electron chi connectivity index (χ3n) is 3.85. The molecule has 2 rings (SSSR count). The van der Waals surface area contributed by atoms with Crippen LogP contribution in [0.1, 0.15) is 60.3 Å². The van der Waals surface area contributed by atoms with E-state index in [-0.39, 0.29) is 37.3 Å². The smallest absolute Gasteiger partial charge is 0.275 e. The number of rotatable bonds is 0. The molecular weight excluding hydrogens is 353 g/mol. The van der Waals surface area contributed by atoms with Gasteiger partial charge in [0.1, 0.15) is 0 Å². The van der Waals surface area contributed by atoms with Crippen molar-refractivity contribution in [2.75, 3.05) is 0 Å². The minimum absolute atomic E-state index is 0. The molecule has 2 heteroatoms. The SMILES string of the molecule is CC1=[C-]C(C)(C)C(C)=C1C.Cl.[C-]1=C/C=C\CCCC1.[Ru+2]. The molecule has 20 heavy (non-hydrogen) atoms. The molecule has 0 aromatic carbocycles. The monoisotopic (exact) mass is 380 g/mol. The number of allylic oxidation sites excluding steroid dienone is 8. The summed E-state index contributed by atoms with van der Waals surface area (Å²) in [7, 11) is 0. The van der Waals surface area contributed by atoms with Crippen LogP contribution in [0.3, 0.4) is 0 Å². The predicted molar refractivity (Wildman–Crippen MR) is 87.3 cm³/mol. The predicted octanol–water partition coefficient (Wildman–Crippen LogP) is 6.01. The summed E-state index contributed by atoms with van der Waals surface area (Å²) in [5.41, 5.74) is 4.39. The summed E-state index contributed by atoms with van der Waals surface area (Å²) in [4.78, 5) is 0. The van der Waals surface area contributed by atoms with Crippen molar-refractivity contribution in [2.45, 2.75) is 60.3 Å². The van der Waals surface area contributed by atoms with E-state index in [4.69, 9.17) is 0 Å². The van der Waals surface area contributed by atoms with Crippen LogP contribution < -0.4 is 0 Å². The molecular formula is C18H27ClRu. The summed E-state index contributed by atoms with van der Waals surface area (Å²) in [6.07, 6.45) is 17.9. The van der Waals surface area contributed by atoms with Gasteiger partial charge in [-0.2, -0.15) is 17.2 Å². The Morgan fingerprint density at radius 3 is 2.20 bits per heavy atom. The average molecular weight is 380 g/mol. The van der Waals surface area contributed by atoms with Crippen LogP contribution in [0, 0.1) is 17.6 Å². The molecule has 0 N–H and O–H groups in total. The average Bonchev–Trinajstić information content (AvgIpc) is 2.41. The Kier molecular flexibility index (Phi) is 11.7. The molecule has 0 bridgehead atoms. The maximum absolute atomic E-state index is 3.44. The molecule has 2 aliphatic carbocycles. The molecule has 0 saturated heterocycles. The van der Waals surface area contributed by atoms with Crippen molar-refractivity contribution in [3.8, 4) is 0 Å². The number of hydrogen-bond acceptors (Lipinski definition) is 0. The molecule has 0 unspecified atom stereocenters. The van der Waals surface area contributed by atoms with E-state index in [0.29, 0.717) is 0 Å². The second-order valence-corrected chi connectivity index (χ2v) is 5.67. The summed E-state index contributed by atoms with van der Waals surface area (Å²) < 4.78 is 0. The van der Waals surface area contributed by atoms with Gasteiger partial charge >= 0.3 is 19.5 Å². The zero-order valence-corrected chi connectivity index (χ0v) is 15.9. The second kappa shape index (κ2) is 10.6. The molecule has 0 atom stereocenters. The fourth-order valence-electron chi connectivity index (χ4n) is 2.21. The summed E-state index contributed by atoms with van der Waals surface area (Å²) >= 11 is 0. The Morgan fingerprint density at radius 1 is 1.10 bits per heavy atom. The molecule has 0 nitrogen and oxygen atoms in total. The van der Waals surface area contributed by atoms with Crippen LogP contribution in [-0.2, 0) is 19.5 Å². The van der Waals surface area contributed by atoms with Gasteiger partial charge in [0, 0.05) is 0 Å². The first-order valence-corrected chi connectivity index (χ1v) is 6.97. The zero-order valence-electron chi connectivity index (χ0n) is 13.3. The normalized spacial score (nSPS) is 21.4. The van der Waals surface area contributed by atoms with Gasteiger partial charge in [0.05, 0.1) is 0 Å². The molecule has 0 aromatic heterocycles. The van der Waals surface area contributed by atoms with E-state index in [2.05, 4.69) is 58.9 Å². The molecule has 0 amide bonds. The van der Waals surface area contributed by atoms with E-state index in [0.717, 1.165) is 6.42 Å². The van der Waals surface area contributed by atoms with Crippen molar-refractivity contribution in [2.24, 2.45) is 5.41 Å². The van der Waals surface area contributed by atoms with E-state index >= 15 is 0 Å². The van der Waals surface area contributed by atoms with Crippen molar-refractivity contribution >= 4 is 12.4 Å². The van der Waals surface area contributed by atoms with Crippen LogP contribution in [0.4, 0.5) is 0 Å².